The van der Waals surface area contributed by atoms with Crippen LogP contribution >= 0.6 is 0 Å². The number of benzene rings is 2. The summed E-state index contributed by atoms with van der Waals surface area (Å²) in [6.45, 7) is 1.99. The average molecular weight is 310 g/mol. The van der Waals surface area contributed by atoms with Crippen molar-refractivity contribution in [1.29, 1.82) is 0 Å². The molecule has 0 fully saturated rings. The summed E-state index contributed by atoms with van der Waals surface area (Å²) in [5, 5.41) is 13.6. The zero-order chi connectivity index (χ0) is 16.2. The Labute approximate surface area is 134 Å². The molecule has 3 aromatic rings. The monoisotopic (exact) mass is 310 g/mol. The van der Waals surface area contributed by atoms with Crippen molar-refractivity contribution in [2.45, 2.75) is 19.4 Å². The summed E-state index contributed by atoms with van der Waals surface area (Å²) in [6, 6.07) is 16.4. The molecule has 0 aliphatic carbocycles. The van der Waals surface area contributed by atoms with Crippen molar-refractivity contribution in [2.75, 3.05) is 11.9 Å². The second-order valence-corrected chi connectivity index (χ2v) is 5.59. The zero-order valence-electron chi connectivity index (χ0n) is 13.0. The standard InChI is InChI=1S/C19H19FN2O/c1-13-11-19(16-12-15(20)7-8-18(16)21-13)22-17(9-10-23)14-5-3-2-4-6-14/h2-8,11-12,17,23H,9-10H2,1H3,(H,21,22)/t17-/m1/s1. The molecule has 1 aromatic heterocycles. The number of halogens is 1. The van der Waals surface area contributed by atoms with Gasteiger partial charge in [0.2, 0.25) is 0 Å². The molecule has 0 saturated heterocycles. The molecule has 0 aliphatic heterocycles. The van der Waals surface area contributed by atoms with Gasteiger partial charge in [0.25, 0.3) is 0 Å². The van der Waals surface area contributed by atoms with Crippen LogP contribution in [0.25, 0.3) is 10.9 Å². The van der Waals surface area contributed by atoms with E-state index in [1.165, 1.54) is 12.1 Å². The van der Waals surface area contributed by atoms with Crippen molar-refractivity contribution in [3.8, 4) is 0 Å². The molecule has 23 heavy (non-hydrogen) atoms. The first-order valence-electron chi connectivity index (χ1n) is 7.66. The highest BCUT2D eigenvalue weighted by atomic mass is 19.1. The molecule has 1 atom stereocenters. The van der Waals surface area contributed by atoms with Crippen LogP contribution in [0.3, 0.4) is 0 Å². The third-order valence-electron chi connectivity index (χ3n) is 3.85. The van der Waals surface area contributed by atoms with E-state index in [9.17, 15) is 9.50 Å². The Kier molecular flexibility index (Phi) is 4.53. The number of nitrogens with zero attached hydrogens (tertiary/aromatic N) is 1. The second-order valence-electron chi connectivity index (χ2n) is 5.59. The number of nitrogens with one attached hydrogen (secondary N) is 1. The van der Waals surface area contributed by atoms with Crippen molar-refractivity contribution in [3.05, 3.63) is 71.7 Å². The lowest BCUT2D eigenvalue weighted by atomic mass is 10.0. The van der Waals surface area contributed by atoms with Gasteiger partial charge in [-0.3, -0.25) is 4.98 Å². The van der Waals surface area contributed by atoms with E-state index < -0.39 is 0 Å². The molecule has 2 N–H and O–H groups in total. The fourth-order valence-corrected chi connectivity index (χ4v) is 2.77. The molecule has 118 valence electrons. The molecule has 3 rings (SSSR count). The molecule has 0 unspecified atom stereocenters. The van der Waals surface area contributed by atoms with Gasteiger partial charge in [-0.25, -0.2) is 4.39 Å². The van der Waals surface area contributed by atoms with Crippen LogP contribution in [0.2, 0.25) is 0 Å². The second kappa shape index (κ2) is 6.75. The number of aliphatic hydroxyl groups is 1. The van der Waals surface area contributed by atoms with E-state index in [1.54, 1.807) is 6.07 Å². The normalized spacial score (nSPS) is 12.3. The molecule has 0 amide bonds. The van der Waals surface area contributed by atoms with Crippen LogP contribution in [-0.2, 0) is 0 Å². The number of pyridine rings is 1. The summed E-state index contributed by atoms with van der Waals surface area (Å²) >= 11 is 0. The van der Waals surface area contributed by atoms with Crippen LogP contribution in [0.1, 0.15) is 23.7 Å². The molecule has 0 radical (unpaired) electrons. The predicted octanol–water partition coefficient (Wildman–Crippen LogP) is 4.22. The smallest absolute Gasteiger partial charge is 0.124 e. The molecule has 3 nitrogen and oxygen atoms in total. The zero-order valence-corrected chi connectivity index (χ0v) is 13.0. The summed E-state index contributed by atoms with van der Waals surface area (Å²) in [4.78, 5) is 4.45. The first-order chi connectivity index (χ1) is 11.2. The van der Waals surface area contributed by atoms with Gasteiger partial charge < -0.3 is 10.4 Å². The summed E-state index contributed by atoms with van der Waals surface area (Å²) in [6.07, 6.45) is 0.572. The van der Waals surface area contributed by atoms with E-state index in [2.05, 4.69) is 10.3 Å². The Morgan fingerprint density at radius 1 is 1.13 bits per heavy atom. The van der Waals surface area contributed by atoms with Gasteiger partial charge in [-0.1, -0.05) is 30.3 Å². The van der Waals surface area contributed by atoms with E-state index in [0.717, 1.165) is 27.8 Å². The number of hydrogen-bond donors (Lipinski definition) is 2. The van der Waals surface area contributed by atoms with E-state index in [1.807, 2.05) is 43.3 Å². The summed E-state index contributed by atoms with van der Waals surface area (Å²) in [7, 11) is 0. The van der Waals surface area contributed by atoms with Crippen molar-refractivity contribution in [2.24, 2.45) is 0 Å². The predicted molar refractivity (Wildman–Crippen MR) is 90.9 cm³/mol. The fourth-order valence-electron chi connectivity index (χ4n) is 2.77. The fraction of sp³-hybridized carbons (Fsp3) is 0.211. The number of anilines is 1. The maximum atomic E-state index is 13.6. The Morgan fingerprint density at radius 2 is 1.91 bits per heavy atom. The Hall–Kier alpha value is -2.46. The molecule has 0 aliphatic rings. The lowest BCUT2D eigenvalue weighted by Crippen LogP contribution is -2.13. The summed E-state index contributed by atoms with van der Waals surface area (Å²) < 4.78 is 13.6. The minimum Gasteiger partial charge on any atom is -0.396 e. The van der Waals surface area contributed by atoms with Gasteiger partial charge in [-0.15, -0.1) is 0 Å². The van der Waals surface area contributed by atoms with Crippen LogP contribution in [0.5, 0.6) is 0 Å². The summed E-state index contributed by atoms with van der Waals surface area (Å²) in [5.74, 6) is -0.287. The molecule has 0 saturated carbocycles. The highest BCUT2D eigenvalue weighted by Crippen LogP contribution is 2.29. The molecule has 2 aromatic carbocycles. The van der Waals surface area contributed by atoms with Gasteiger partial charge in [0.1, 0.15) is 5.82 Å². The maximum Gasteiger partial charge on any atom is 0.124 e. The number of rotatable bonds is 5. The highest BCUT2D eigenvalue weighted by molar-refractivity contribution is 5.91. The number of hydrogen-bond acceptors (Lipinski definition) is 3. The van der Waals surface area contributed by atoms with E-state index in [-0.39, 0.29) is 18.5 Å². The van der Waals surface area contributed by atoms with Crippen molar-refractivity contribution in [3.63, 3.8) is 0 Å². The van der Waals surface area contributed by atoms with Crippen LogP contribution in [0, 0.1) is 12.7 Å². The average Bonchev–Trinajstić information content (AvgIpc) is 2.56. The van der Waals surface area contributed by atoms with Crippen LogP contribution in [0.4, 0.5) is 10.1 Å². The third-order valence-corrected chi connectivity index (χ3v) is 3.85. The van der Waals surface area contributed by atoms with Crippen molar-refractivity contribution in [1.82, 2.24) is 4.98 Å². The van der Waals surface area contributed by atoms with E-state index in [0.29, 0.717) is 6.42 Å². The third kappa shape index (κ3) is 3.48. The number of aromatic nitrogens is 1. The van der Waals surface area contributed by atoms with Gasteiger partial charge in [-0.05, 0) is 43.2 Å². The van der Waals surface area contributed by atoms with Crippen molar-refractivity contribution < 1.29 is 9.50 Å². The van der Waals surface area contributed by atoms with E-state index >= 15 is 0 Å². The number of fused-ring (bicyclic) bond motifs is 1. The molecular formula is C19H19FN2O. The van der Waals surface area contributed by atoms with Crippen LogP contribution in [-0.4, -0.2) is 16.7 Å². The number of aryl methyl sites for hydroxylation is 1. The Morgan fingerprint density at radius 3 is 2.65 bits per heavy atom. The molecule has 0 bridgehead atoms. The van der Waals surface area contributed by atoms with Gasteiger partial charge in [-0.2, -0.15) is 0 Å². The lowest BCUT2D eigenvalue weighted by Gasteiger charge is -2.21. The largest absolute Gasteiger partial charge is 0.396 e. The molecular weight excluding hydrogens is 291 g/mol. The first-order valence-corrected chi connectivity index (χ1v) is 7.66. The van der Waals surface area contributed by atoms with Crippen molar-refractivity contribution >= 4 is 16.6 Å². The minimum atomic E-state index is -0.287. The summed E-state index contributed by atoms with van der Waals surface area (Å²) in [5.41, 5.74) is 3.53. The molecule has 0 spiro atoms. The molecule has 1 heterocycles. The van der Waals surface area contributed by atoms with Gasteiger partial charge in [0.05, 0.1) is 11.6 Å². The molecule has 4 heteroatoms. The Balaban J connectivity index is 2.03. The highest BCUT2D eigenvalue weighted by Gasteiger charge is 2.13. The minimum absolute atomic E-state index is 0.0468. The van der Waals surface area contributed by atoms with E-state index in [4.69, 9.17) is 0 Å². The van der Waals surface area contributed by atoms with Gasteiger partial charge >= 0.3 is 0 Å². The maximum absolute atomic E-state index is 13.6. The van der Waals surface area contributed by atoms with Gasteiger partial charge in [0, 0.05) is 23.4 Å². The lowest BCUT2D eigenvalue weighted by molar-refractivity contribution is 0.280. The SMILES string of the molecule is Cc1cc(N[C@H](CCO)c2ccccc2)c2cc(F)ccc2n1. The van der Waals surface area contributed by atoms with Crippen LogP contribution in [0.15, 0.2) is 54.6 Å². The Bertz CT molecular complexity index is 805. The van der Waals surface area contributed by atoms with Crippen LogP contribution < -0.4 is 5.32 Å². The first kappa shape index (κ1) is 15.4. The number of aliphatic hydroxyl groups excluding tert-OH is 1. The quantitative estimate of drug-likeness (QED) is 0.741. The topological polar surface area (TPSA) is 45.1 Å². The van der Waals surface area contributed by atoms with Gasteiger partial charge in [0.15, 0.2) is 0 Å².